The van der Waals surface area contributed by atoms with Crippen LogP contribution in [-0.2, 0) is 0 Å². The number of thiazole rings is 1. The van der Waals surface area contributed by atoms with Gasteiger partial charge in [-0.1, -0.05) is 22.0 Å². The highest BCUT2D eigenvalue weighted by Crippen LogP contribution is 2.31. The number of piperazine rings is 1. The van der Waals surface area contributed by atoms with Crippen molar-refractivity contribution < 1.29 is 0 Å². The second-order valence-corrected chi connectivity index (χ2v) is 6.46. The van der Waals surface area contributed by atoms with E-state index in [9.17, 15) is 0 Å². The molecule has 5 heteroatoms. The van der Waals surface area contributed by atoms with E-state index in [1.807, 2.05) is 0 Å². The van der Waals surface area contributed by atoms with Crippen LogP contribution >= 0.6 is 27.3 Å². The van der Waals surface area contributed by atoms with Gasteiger partial charge in [0.05, 0.1) is 5.69 Å². The highest BCUT2D eigenvalue weighted by molar-refractivity contribution is 9.10. The van der Waals surface area contributed by atoms with Crippen LogP contribution < -0.4 is 10.2 Å². The number of rotatable bonds is 2. The SMILES string of the molecule is Cc1ccc(Br)cc1-c1csc(N2CCNCC2)n1. The summed E-state index contributed by atoms with van der Waals surface area (Å²) in [6, 6.07) is 6.34. The average molecular weight is 338 g/mol. The van der Waals surface area contributed by atoms with Gasteiger partial charge in [0, 0.05) is 41.6 Å². The van der Waals surface area contributed by atoms with Gasteiger partial charge in [-0.15, -0.1) is 11.3 Å². The Hall–Kier alpha value is -0.910. The molecule has 1 aliphatic rings. The Labute approximate surface area is 125 Å². The number of hydrogen-bond acceptors (Lipinski definition) is 4. The minimum atomic E-state index is 1.05. The van der Waals surface area contributed by atoms with Gasteiger partial charge >= 0.3 is 0 Å². The van der Waals surface area contributed by atoms with Crippen molar-refractivity contribution in [2.24, 2.45) is 0 Å². The van der Waals surface area contributed by atoms with Crippen molar-refractivity contribution in [3.63, 3.8) is 0 Å². The Kier molecular flexibility index (Phi) is 3.86. The molecule has 0 saturated carbocycles. The number of nitrogens with zero attached hydrogens (tertiary/aromatic N) is 2. The van der Waals surface area contributed by atoms with Crippen LogP contribution in [0.5, 0.6) is 0 Å². The van der Waals surface area contributed by atoms with E-state index in [0.717, 1.165) is 41.5 Å². The topological polar surface area (TPSA) is 28.2 Å². The van der Waals surface area contributed by atoms with Crippen molar-refractivity contribution in [3.05, 3.63) is 33.6 Å². The van der Waals surface area contributed by atoms with Crippen molar-refractivity contribution in [2.45, 2.75) is 6.92 Å². The molecule has 0 amide bonds. The number of hydrogen-bond donors (Lipinski definition) is 1. The van der Waals surface area contributed by atoms with Gasteiger partial charge in [-0.05, 0) is 24.6 Å². The molecule has 1 aliphatic heterocycles. The maximum atomic E-state index is 4.80. The van der Waals surface area contributed by atoms with Gasteiger partial charge < -0.3 is 10.2 Å². The van der Waals surface area contributed by atoms with Crippen LogP contribution in [0, 0.1) is 6.92 Å². The molecule has 1 fully saturated rings. The summed E-state index contributed by atoms with van der Waals surface area (Å²) in [5.41, 5.74) is 3.56. The summed E-state index contributed by atoms with van der Waals surface area (Å²) in [6.45, 7) is 6.32. The largest absolute Gasteiger partial charge is 0.346 e. The molecule has 19 heavy (non-hydrogen) atoms. The normalized spacial score (nSPS) is 15.8. The summed E-state index contributed by atoms with van der Waals surface area (Å²) in [7, 11) is 0. The molecule has 0 spiro atoms. The van der Waals surface area contributed by atoms with Crippen LogP contribution in [0.15, 0.2) is 28.1 Å². The molecular formula is C14H16BrN3S. The van der Waals surface area contributed by atoms with E-state index in [-0.39, 0.29) is 0 Å². The molecule has 3 rings (SSSR count). The Bertz CT molecular complexity index is 576. The Balaban J connectivity index is 1.89. The second kappa shape index (κ2) is 5.61. The predicted octanol–water partition coefficient (Wildman–Crippen LogP) is 3.29. The summed E-state index contributed by atoms with van der Waals surface area (Å²) in [4.78, 5) is 7.16. The lowest BCUT2D eigenvalue weighted by atomic mass is 10.1. The Morgan fingerprint density at radius 2 is 2.11 bits per heavy atom. The maximum absolute atomic E-state index is 4.80. The highest BCUT2D eigenvalue weighted by atomic mass is 79.9. The van der Waals surface area contributed by atoms with Crippen LogP contribution in [0.3, 0.4) is 0 Å². The lowest BCUT2D eigenvalue weighted by molar-refractivity contribution is 0.588. The minimum Gasteiger partial charge on any atom is -0.346 e. The molecule has 1 aromatic heterocycles. The van der Waals surface area contributed by atoms with E-state index in [1.54, 1.807) is 11.3 Å². The van der Waals surface area contributed by atoms with Gasteiger partial charge in [0.1, 0.15) is 0 Å². The quantitative estimate of drug-likeness (QED) is 0.911. The molecule has 1 saturated heterocycles. The zero-order valence-corrected chi connectivity index (χ0v) is 13.2. The predicted molar refractivity (Wildman–Crippen MR) is 85.1 cm³/mol. The van der Waals surface area contributed by atoms with Crippen LogP contribution in [0.1, 0.15) is 5.56 Å². The van der Waals surface area contributed by atoms with Gasteiger partial charge in [0.15, 0.2) is 5.13 Å². The molecule has 0 unspecified atom stereocenters. The van der Waals surface area contributed by atoms with Gasteiger partial charge in [-0.3, -0.25) is 0 Å². The first-order chi connectivity index (χ1) is 9.24. The molecule has 0 atom stereocenters. The molecule has 0 radical (unpaired) electrons. The van der Waals surface area contributed by atoms with Crippen LogP contribution in [0.4, 0.5) is 5.13 Å². The maximum Gasteiger partial charge on any atom is 0.185 e. The second-order valence-electron chi connectivity index (χ2n) is 4.71. The van der Waals surface area contributed by atoms with Crippen molar-refractivity contribution >= 4 is 32.4 Å². The van der Waals surface area contributed by atoms with Crippen LogP contribution in [0.2, 0.25) is 0 Å². The van der Waals surface area contributed by atoms with E-state index in [4.69, 9.17) is 4.98 Å². The summed E-state index contributed by atoms with van der Waals surface area (Å²) in [5, 5.41) is 6.66. The molecule has 1 N–H and O–H groups in total. The van der Waals surface area contributed by atoms with Crippen molar-refractivity contribution in [3.8, 4) is 11.3 Å². The molecule has 2 aromatic rings. The van der Waals surface area contributed by atoms with Gasteiger partial charge in [-0.2, -0.15) is 0 Å². The number of aromatic nitrogens is 1. The average Bonchev–Trinajstić information content (AvgIpc) is 2.92. The molecule has 0 bridgehead atoms. The molecule has 0 aliphatic carbocycles. The minimum absolute atomic E-state index is 1.05. The first-order valence-electron chi connectivity index (χ1n) is 6.42. The number of benzene rings is 1. The van der Waals surface area contributed by atoms with Crippen molar-refractivity contribution in [1.29, 1.82) is 0 Å². The van der Waals surface area contributed by atoms with E-state index >= 15 is 0 Å². The summed E-state index contributed by atoms with van der Waals surface area (Å²) < 4.78 is 1.10. The monoisotopic (exact) mass is 337 g/mol. The van der Waals surface area contributed by atoms with E-state index in [1.165, 1.54) is 11.1 Å². The van der Waals surface area contributed by atoms with Crippen LogP contribution in [-0.4, -0.2) is 31.2 Å². The first-order valence-corrected chi connectivity index (χ1v) is 8.09. The molecule has 1 aromatic carbocycles. The van der Waals surface area contributed by atoms with Crippen molar-refractivity contribution in [2.75, 3.05) is 31.1 Å². The Morgan fingerprint density at radius 1 is 1.32 bits per heavy atom. The Morgan fingerprint density at radius 3 is 2.89 bits per heavy atom. The fraction of sp³-hybridized carbons (Fsp3) is 0.357. The number of anilines is 1. The van der Waals surface area contributed by atoms with Crippen molar-refractivity contribution in [1.82, 2.24) is 10.3 Å². The fourth-order valence-corrected chi connectivity index (χ4v) is 3.50. The van der Waals surface area contributed by atoms with E-state index < -0.39 is 0 Å². The zero-order valence-electron chi connectivity index (χ0n) is 10.8. The van der Waals surface area contributed by atoms with Gasteiger partial charge in [-0.25, -0.2) is 4.98 Å². The number of aryl methyl sites for hydroxylation is 1. The summed E-state index contributed by atoms with van der Waals surface area (Å²) in [5.74, 6) is 0. The highest BCUT2D eigenvalue weighted by Gasteiger charge is 2.15. The lowest BCUT2D eigenvalue weighted by Gasteiger charge is -2.26. The number of nitrogens with one attached hydrogen (secondary N) is 1. The number of halogens is 1. The molecular weight excluding hydrogens is 322 g/mol. The third-order valence-electron chi connectivity index (χ3n) is 3.36. The van der Waals surface area contributed by atoms with Gasteiger partial charge in [0.25, 0.3) is 0 Å². The van der Waals surface area contributed by atoms with Crippen LogP contribution in [0.25, 0.3) is 11.3 Å². The lowest BCUT2D eigenvalue weighted by Crippen LogP contribution is -2.43. The molecule has 100 valence electrons. The summed E-state index contributed by atoms with van der Waals surface area (Å²) in [6.07, 6.45) is 0. The van der Waals surface area contributed by atoms with Gasteiger partial charge in [0.2, 0.25) is 0 Å². The smallest absolute Gasteiger partial charge is 0.185 e. The zero-order chi connectivity index (χ0) is 13.2. The van der Waals surface area contributed by atoms with E-state index in [2.05, 4.69) is 56.6 Å². The standard InChI is InChI=1S/C14H16BrN3S/c1-10-2-3-11(15)8-12(10)13-9-19-14(17-13)18-6-4-16-5-7-18/h2-3,8-9,16H,4-7H2,1H3. The van der Waals surface area contributed by atoms with E-state index in [0.29, 0.717) is 0 Å². The fourth-order valence-electron chi connectivity index (χ4n) is 2.26. The summed E-state index contributed by atoms with van der Waals surface area (Å²) >= 11 is 5.27. The molecule has 3 nitrogen and oxygen atoms in total. The molecule has 2 heterocycles. The third-order valence-corrected chi connectivity index (χ3v) is 4.75. The third kappa shape index (κ3) is 2.83. The first kappa shape index (κ1) is 13.1.